The molecule has 3 aromatic rings. The van der Waals surface area contributed by atoms with E-state index in [0.717, 1.165) is 28.9 Å². The Hall–Kier alpha value is -3.60. The first-order valence-corrected chi connectivity index (χ1v) is 11.8. The van der Waals surface area contributed by atoms with Gasteiger partial charge in [0, 0.05) is 19.0 Å². The molecule has 0 fully saturated rings. The number of amides is 2. The molecule has 2 atom stereocenters. The van der Waals surface area contributed by atoms with Crippen LogP contribution in [0.4, 0.5) is 0 Å². The number of rotatable bonds is 11. The first kappa shape index (κ1) is 25.0. The van der Waals surface area contributed by atoms with Crippen molar-refractivity contribution in [1.29, 1.82) is 0 Å². The summed E-state index contributed by atoms with van der Waals surface area (Å²) in [5.74, 6) is 0.494. The summed E-state index contributed by atoms with van der Waals surface area (Å²) in [6, 6.07) is 26.5. The predicted molar refractivity (Wildman–Crippen MR) is 136 cm³/mol. The van der Waals surface area contributed by atoms with E-state index in [4.69, 9.17) is 4.74 Å². The fraction of sp³-hybridized carbons (Fsp3) is 0.310. The molecule has 3 aromatic carbocycles. The summed E-state index contributed by atoms with van der Waals surface area (Å²) in [5, 5.41) is 3.10. The van der Waals surface area contributed by atoms with Gasteiger partial charge in [0.1, 0.15) is 11.8 Å². The number of benzene rings is 3. The quantitative estimate of drug-likeness (QED) is 0.449. The maximum absolute atomic E-state index is 13.7. The van der Waals surface area contributed by atoms with Crippen molar-refractivity contribution in [2.75, 3.05) is 7.11 Å². The lowest BCUT2D eigenvalue weighted by molar-refractivity contribution is -0.141. The fourth-order valence-corrected chi connectivity index (χ4v) is 3.83. The predicted octanol–water partition coefficient (Wildman–Crippen LogP) is 4.79. The van der Waals surface area contributed by atoms with E-state index in [2.05, 4.69) is 5.32 Å². The topological polar surface area (TPSA) is 58.6 Å². The Bertz CT molecular complexity index is 1050. The molecule has 5 heteroatoms. The Morgan fingerprint density at radius 2 is 1.50 bits per heavy atom. The van der Waals surface area contributed by atoms with Crippen LogP contribution in [0, 0.1) is 0 Å². The van der Waals surface area contributed by atoms with Crippen LogP contribution in [-0.4, -0.2) is 35.9 Å². The SMILES string of the molecule is CC[C@H](C)NC(=O)[C@@H](Cc1ccccc1)N(Cc1cccc(OC)c1)C(=O)Cc1ccccc1. The zero-order chi connectivity index (χ0) is 24.3. The van der Waals surface area contributed by atoms with Gasteiger partial charge < -0.3 is 15.0 Å². The van der Waals surface area contributed by atoms with Crippen LogP contribution in [0.25, 0.3) is 0 Å². The summed E-state index contributed by atoms with van der Waals surface area (Å²) in [7, 11) is 1.62. The minimum atomic E-state index is -0.640. The van der Waals surface area contributed by atoms with Gasteiger partial charge in [0.05, 0.1) is 13.5 Å². The molecular formula is C29H34N2O3. The average Bonchev–Trinajstić information content (AvgIpc) is 2.87. The molecule has 0 aliphatic carbocycles. The van der Waals surface area contributed by atoms with Crippen LogP contribution in [0.1, 0.15) is 37.0 Å². The molecule has 0 saturated carbocycles. The highest BCUT2D eigenvalue weighted by molar-refractivity contribution is 5.89. The van der Waals surface area contributed by atoms with Gasteiger partial charge in [-0.2, -0.15) is 0 Å². The number of nitrogens with one attached hydrogen (secondary N) is 1. The van der Waals surface area contributed by atoms with Gasteiger partial charge in [0.2, 0.25) is 11.8 Å². The third-order valence-corrected chi connectivity index (χ3v) is 5.96. The molecule has 0 saturated heterocycles. The Morgan fingerprint density at radius 1 is 0.882 bits per heavy atom. The number of methoxy groups -OCH3 is 1. The third kappa shape index (κ3) is 7.20. The van der Waals surface area contributed by atoms with Gasteiger partial charge in [-0.3, -0.25) is 9.59 Å². The largest absolute Gasteiger partial charge is 0.497 e. The van der Waals surface area contributed by atoms with Gasteiger partial charge in [-0.15, -0.1) is 0 Å². The van der Waals surface area contributed by atoms with E-state index in [0.29, 0.717) is 13.0 Å². The van der Waals surface area contributed by atoms with Crippen molar-refractivity contribution in [3.8, 4) is 5.75 Å². The normalized spacial score (nSPS) is 12.4. The lowest BCUT2D eigenvalue weighted by atomic mass is 10.0. The number of ether oxygens (including phenoxy) is 1. The highest BCUT2D eigenvalue weighted by atomic mass is 16.5. The molecular weight excluding hydrogens is 424 g/mol. The number of carbonyl (C=O) groups is 2. The monoisotopic (exact) mass is 458 g/mol. The molecule has 0 spiro atoms. The van der Waals surface area contributed by atoms with Gasteiger partial charge in [-0.1, -0.05) is 79.7 Å². The summed E-state index contributed by atoms with van der Waals surface area (Å²) in [5.41, 5.74) is 2.84. The van der Waals surface area contributed by atoms with Crippen molar-refractivity contribution in [2.24, 2.45) is 0 Å². The van der Waals surface area contributed by atoms with Crippen LogP contribution in [0.5, 0.6) is 5.75 Å². The summed E-state index contributed by atoms with van der Waals surface area (Å²) < 4.78 is 5.38. The molecule has 5 nitrogen and oxygen atoms in total. The van der Waals surface area contributed by atoms with E-state index in [1.54, 1.807) is 12.0 Å². The molecule has 1 N–H and O–H groups in total. The first-order valence-electron chi connectivity index (χ1n) is 11.8. The van der Waals surface area contributed by atoms with E-state index in [-0.39, 0.29) is 24.3 Å². The summed E-state index contributed by atoms with van der Waals surface area (Å²) >= 11 is 0. The van der Waals surface area contributed by atoms with Crippen LogP contribution in [-0.2, 0) is 29.0 Å². The zero-order valence-electron chi connectivity index (χ0n) is 20.2. The van der Waals surface area contributed by atoms with Crippen LogP contribution in [0.2, 0.25) is 0 Å². The maximum Gasteiger partial charge on any atom is 0.243 e. The van der Waals surface area contributed by atoms with Crippen LogP contribution >= 0.6 is 0 Å². The molecule has 0 aromatic heterocycles. The highest BCUT2D eigenvalue weighted by Gasteiger charge is 2.31. The molecule has 34 heavy (non-hydrogen) atoms. The van der Waals surface area contributed by atoms with Gasteiger partial charge >= 0.3 is 0 Å². The minimum absolute atomic E-state index is 0.0219. The smallest absolute Gasteiger partial charge is 0.243 e. The minimum Gasteiger partial charge on any atom is -0.497 e. The van der Waals surface area contributed by atoms with Gasteiger partial charge in [-0.05, 0) is 42.2 Å². The van der Waals surface area contributed by atoms with Crippen molar-refractivity contribution in [1.82, 2.24) is 10.2 Å². The lowest BCUT2D eigenvalue weighted by Gasteiger charge is -2.32. The Kier molecular flexibility index (Phi) is 9.27. The molecule has 0 heterocycles. The number of nitrogens with zero attached hydrogens (tertiary/aromatic N) is 1. The van der Waals surface area contributed by atoms with E-state index in [1.807, 2.05) is 98.8 Å². The Labute approximate surface area is 202 Å². The fourth-order valence-electron chi connectivity index (χ4n) is 3.83. The molecule has 0 radical (unpaired) electrons. The molecule has 0 unspecified atom stereocenters. The number of carbonyl (C=O) groups excluding carboxylic acids is 2. The Balaban J connectivity index is 1.97. The molecule has 178 valence electrons. The van der Waals surface area contributed by atoms with Crippen LogP contribution in [0.3, 0.4) is 0 Å². The van der Waals surface area contributed by atoms with Gasteiger partial charge in [0.15, 0.2) is 0 Å². The molecule has 0 aliphatic heterocycles. The van der Waals surface area contributed by atoms with Crippen molar-refractivity contribution < 1.29 is 14.3 Å². The molecule has 0 bridgehead atoms. The van der Waals surface area contributed by atoms with Gasteiger partial charge in [-0.25, -0.2) is 0 Å². The van der Waals surface area contributed by atoms with Crippen LogP contribution in [0.15, 0.2) is 84.9 Å². The second kappa shape index (κ2) is 12.6. The Morgan fingerprint density at radius 3 is 2.12 bits per heavy atom. The van der Waals surface area contributed by atoms with Crippen molar-refractivity contribution in [2.45, 2.75) is 51.7 Å². The van der Waals surface area contributed by atoms with Crippen LogP contribution < -0.4 is 10.1 Å². The number of hydrogen-bond donors (Lipinski definition) is 1. The van der Waals surface area contributed by atoms with Gasteiger partial charge in [0.25, 0.3) is 0 Å². The van der Waals surface area contributed by atoms with E-state index in [9.17, 15) is 9.59 Å². The zero-order valence-corrected chi connectivity index (χ0v) is 20.2. The third-order valence-electron chi connectivity index (χ3n) is 5.96. The van der Waals surface area contributed by atoms with E-state index in [1.165, 1.54) is 0 Å². The summed E-state index contributed by atoms with van der Waals surface area (Å²) in [6.07, 6.45) is 1.48. The van der Waals surface area contributed by atoms with Crippen molar-refractivity contribution >= 4 is 11.8 Å². The first-order chi connectivity index (χ1) is 16.5. The molecule has 3 rings (SSSR count). The summed E-state index contributed by atoms with van der Waals surface area (Å²) in [4.78, 5) is 28.9. The van der Waals surface area contributed by atoms with Crippen molar-refractivity contribution in [3.05, 3.63) is 102 Å². The molecule has 0 aliphatic rings. The van der Waals surface area contributed by atoms with E-state index < -0.39 is 6.04 Å². The summed E-state index contributed by atoms with van der Waals surface area (Å²) in [6.45, 7) is 4.33. The second-order valence-corrected chi connectivity index (χ2v) is 8.56. The lowest BCUT2D eigenvalue weighted by Crippen LogP contribution is -2.52. The number of hydrogen-bond acceptors (Lipinski definition) is 3. The molecule has 2 amide bonds. The van der Waals surface area contributed by atoms with Crippen molar-refractivity contribution in [3.63, 3.8) is 0 Å². The maximum atomic E-state index is 13.7. The standard InChI is InChI=1S/C29H34N2O3/c1-4-22(2)30-29(33)27(19-23-12-7-5-8-13-23)31(21-25-16-11-17-26(18-25)34-3)28(32)20-24-14-9-6-10-15-24/h5-18,22,27H,4,19-21H2,1-3H3,(H,30,33)/t22-,27+/m0/s1. The highest BCUT2D eigenvalue weighted by Crippen LogP contribution is 2.19. The average molecular weight is 459 g/mol. The second-order valence-electron chi connectivity index (χ2n) is 8.56. The van der Waals surface area contributed by atoms with E-state index >= 15 is 0 Å².